The minimum atomic E-state index is -0.914. The van der Waals surface area contributed by atoms with E-state index in [9.17, 15) is 14.3 Å². The van der Waals surface area contributed by atoms with Gasteiger partial charge in [0, 0.05) is 11.5 Å². The first kappa shape index (κ1) is 20.9. The minimum absolute atomic E-state index is 0.170. The summed E-state index contributed by atoms with van der Waals surface area (Å²) in [7, 11) is 0. The van der Waals surface area contributed by atoms with Gasteiger partial charge in [-0.2, -0.15) is 5.26 Å². The van der Waals surface area contributed by atoms with E-state index in [0.29, 0.717) is 29.1 Å². The summed E-state index contributed by atoms with van der Waals surface area (Å²) in [6.45, 7) is 5.03. The van der Waals surface area contributed by atoms with E-state index in [-0.39, 0.29) is 11.8 Å². The Morgan fingerprint density at radius 3 is 2.70 bits per heavy atom. The first-order valence-electron chi connectivity index (χ1n) is 9.44. The fourth-order valence-corrected chi connectivity index (χ4v) is 2.83. The Hall–Kier alpha value is -3.79. The topological polar surface area (TPSA) is 95.5 Å². The number of allylic oxidation sites excluding steroid dienone is 1. The molecule has 0 saturated heterocycles. The van der Waals surface area contributed by atoms with Gasteiger partial charge in [0.05, 0.1) is 17.4 Å². The van der Waals surface area contributed by atoms with Gasteiger partial charge in [-0.3, -0.25) is 4.79 Å². The standard InChI is InChI=1S/C23H21FN2O4/c1-4-13(2)29-22-11-19(26-23(28)17(12-25)14(3)27)18(24)10-16(22)21-9-15-7-5-6-8-20(15)30-21/h5-11,13,27H,4H2,1-3H3,(H,26,28)/b17-14-. The molecule has 0 radical (unpaired) electrons. The van der Waals surface area contributed by atoms with Crippen molar-refractivity contribution in [3.63, 3.8) is 0 Å². The second kappa shape index (κ2) is 8.70. The Kier molecular flexibility index (Phi) is 6.07. The third-order valence-corrected chi connectivity index (χ3v) is 4.61. The lowest BCUT2D eigenvalue weighted by Gasteiger charge is -2.17. The van der Waals surface area contributed by atoms with Gasteiger partial charge in [0.25, 0.3) is 5.91 Å². The smallest absolute Gasteiger partial charge is 0.269 e. The molecule has 1 heterocycles. The molecule has 0 saturated carbocycles. The molecule has 1 amide bonds. The number of fused-ring (bicyclic) bond motifs is 1. The summed E-state index contributed by atoms with van der Waals surface area (Å²) >= 11 is 0. The van der Waals surface area contributed by atoms with Crippen molar-refractivity contribution in [1.82, 2.24) is 0 Å². The summed E-state index contributed by atoms with van der Waals surface area (Å²) in [6.07, 6.45) is 0.542. The number of ether oxygens (including phenoxy) is 1. The first-order valence-corrected chi connectivity index (χ1v) is 9.44. The molecule has 0 bridgehead atoms. The highest BCUT2D eigenvalue weighted by Gasteiger charge is 2.20. The van der Waals surface area contributed by atoms with E-state index < -0.39 is 23.1 Å². The lowest BCUT2D eigenvalue weighted by atomic mass is 10.1. The third kappa shape index (κ3) is 4.28. The van der Waals surface area contributed by atoms with Crippen molar-refractivity contribution in [1.29, 1.82) is 5.26 Å². The van der Waals surface area contributed by atoms with Crippen molar-refractivity contribution < 1.29 is 23.4 Å². The fraction of sp³-hybridized carbons (Fsp3) is 0.217. The maximum absolute atomic E-state index is 14.8. The van der Waals surface area contributed by atoms with Crippen molar-refractivity contribution in [3.8, 4) is 23.1 Å². The van der Waals surface area contributed by atoms with E-state index in [1.54, 1.807) is 12.1 Å². The van der Waals surface area contributed by atoms with Crippen LogP contribution in [-0.2, 0) is 4.79 Å². The number of nitrogens with zero attached hydrogens (tertiary/aromatic N) is 1. The molecule has 0 fully saturated rings. The monoisotopic (exact) mass is 408 g/mol. The van der Waals surface area contributed by atoms with Crippen LogP contribution >= 0.6 is 0 Å². The number of aliphatic hydroxyl groups excluding tert-OH is 1. The van der Waals surface area contributed by atoms with E-state index >= 15 is 0 Å². The Labute approximate surface area is 173 Å². The highest BCUT2D eigenvalue weighted by molar-refractivity contribution is 6.07. The second-order valence-electron chi connectivity index (χ2n) is 6.84. The molecule has 7 heteroatoms. The molecule has 0 aliphatic carbocycles. The number of benzene rings is 2. The molecule has 1 atom stereocenters. The zero-order valence-corrected chi connectivity index (χ0v) is 16.8. The van der Waals surface area contributed by atoms with E-state index in [4.69, 9.17) is 14.4 Å². The van der Waals surface area contributed by atoms with Crippen molar-refractivity contribution in [2.75, 3.05) is 5.32 Å². The molecular weight excluding hydrogens is 387 g/mol. The zero-order chi connectivity index (χ0) is 21.8. The van der Waals surface area contributed by atoms with Crippen LogP contribution in [0, 0.1) is 17.1 Å². The Morgan fingerprint density at radius 1 is 1.33 bits per heavy atom. The van der Waals surface area contributed by atoms with Crippen molar-refractivity contribution in [2.45, 2.75) is 33.3 Å². The number of furan rings is 1. The average molecular weight is 408 g/mol. The lowest BCUT2D eigenvalue weighted by Crippen LogP contribution is -2.17. The second-order valence-corrected chi connectivity index (χ2v) is 6.84. The van der Waals surface area contributed by atoms with Gasteiger partial charge in [-0.1, -0.05) is 25.1 Å². The lowest BCUT2D eigenvalue weighted by molar-refractivity contribution is -0.112. The van der Waals surface area contributed by atoms with E-state index in [1.165, 1.54) is 19.1 Å². The van der Waals surface area contributed by atoms with Gasteiger partial charge >= 0.3 is 0 Å². The number of aliphatic hydroxyl groups is 1. The van der Waals surface area contributed by atoms with Gasteiger partial charge in [0.1, 0.15) is 34.7 Å². The summed E-state index contributed by atoms with van der Waals surface area (Å²) in [6, 6.07) is 13.4. The number of nitrogens with one attached hydrogen (secondary N) is 1. The number of amides is 1. The number of rotatable bonds is 6. The minimum Gasteiger partial charge on any atom is -0.511 e. The SMILES string of the molecule is CCC(C)Oc1cc(NC(=O)/C(C#N)=C(/C)O)c(F)cc1-c1cc2ccccc2o1. The van der Waals surface area contributed by atoms with Gasteiger partial charge in [-0.25, -0.2) is 4.39 Å². The zero-order valence-electron chi connectivity index (χ0n) is 16.8. The predicted octanol–water partition coefficient (Wildman–Crippen LogP) is 5.71. The molecule has 3 rings (SSSR count). The average Bonchev–Trinajstić information content (AvgIpc) is 3.14. The Balaban J connectivity index is 2.07. The number of carbonyl (C=O) groups excluding carboxylic acids is 1. The number of hydrogen-bond acceptors (Lipinski definition) is 5. The van der Waals surface area contributed by atoms with Crippen LogP contribution in [-0.4, -0.2) is 17.1 Å². The Bertz CT molecular complexity index is 1140. The molecule has 30 heavy (non-hydrogen) atoms. The quantitative estimate of drug-likeness (QED) is 0.309. The summed E-state index contributed by atoms with van der Waals surface area (Å²) in [5.41, 5.74) is 0.380. The molecular formula is C23H21FN2O4. The maximum atomic E-state index is 14.8. The van der Waals surface area contributed by atoms with Crippen LogP contribution in [0.25, 0.3) is 22.3 Å². The molecule has 0 aliphatic rings. The van der Waals surface area contributed by atoms with Crippen LogP contribution in [0.5, 0.6) is 5.75 Å². The highest BCUT2D eigenvalue weighted by Crippen LogP contribution is 2.38. The molecule has 2 aromatic carbocycles. The molecule has 1 unspecified atom stereocenters. The maximum Gasteiger partial charge on any atom is 0.269 e. The summed E-state index contributed by atoms with van der Waals surface area (Å²) in [4.78, 5) is 12.2. The molecule has 1 aromatic heterocycles. The highest BCUT2D eigenvalue weighted by atomic mass is 19.1. The number of halogens is 1. The van der Waals surface area contributed by atoms with Gasteiger partial charge < -0.3 is 19.6 Å². The number of hydrogen-bond donors (Lipinski definition) is 2. The van der Waals surface area contributed by atoms with Gasteiger partial charge in [0.2, 0.25) is 0 Å². The molecule has 154 valence electrons. The van der Waals surface area contributed by atoms with Gasteiger partial charge in [-0.05, 0) is 38.5 Å². The molecule has 3 aromatic rings. The Morgan fingerprint density at radius 2 is 2.07 bits per heavy atom. The van der Waals surface area contributed by atoms with Crippen LogP contribution in [0.3, 0.4) is 0 Å². The van der Waals surface area contributed by atoms with Gasteiger partial charge in [-0.15, -0.1) is 0 Å². The largest absolute Gasteiger partial charge is 0.511 e. The van der Waals surface area contributed by atoms with Crippen LogP contribution in [0.4, 0.5) is 10.1 Å². The fourth-order valence-electron chi connectivity index (χ4n) is 2.83. The summed E-state index contributed by atoms with van der Waals surface area (Å²) in [5, 5.41) is 21.7. The summed E-state index contributed by atoms with van der Waals surface area (Å²) < 4.78 is 26.7. The van der Waals surface area contributed by atoms with E-state index in [2.05, 4.69) is 5.32 Å². The normalized spacial score (nSPS) is 12.8. The van der Waals surface area contributed by atoms with Gasteiger partial charge in [0.15, 0.2) is 5.57 Å². The van der Waals surface area contributed by atoms with E-state index in [0.717, 1.165) is 5.39 Å². The molecule has 0 aliphatic heterocycles. The number of para-hydroxylation sites is 1. The molecule has 0 spiro atoms. The number of carbonyl (C=O) groups is 1. The van der Waals surface area contributed by atoms with Crippen molar-refractivity contribution in [2.24, 2.45) is 0 Å². The van der Waals surface area contributed by atoms with Crippen LogP contribution in [0.2, 0.25) is 0 Å². The molecule has 2 N–H and O–H groups in total. The van der Waals surface area contributed by atoms with Crippen molar-refractivity contribution >= 4 is 22.6 Å². The van der Waals surface area contributed by atoms with Crippen molar-refractivity contribution in [3.05, 3.63) is 59.6 Å². The van der Waals surface area contributed by atoms with E-state index in [1.807, 2.05) is 38.1 Å². The van der Waals surface area contributed by atoms with Crippen LogP contribution in [0.1, 0.15) is 27.2 Å². The van der Waals surface area contributed by atoms with Crippen LogP contribution < -0.4 is 10.1 Å². The first-order chi connectivity index (χ1) is 14.3. The summed E-state index contributed by atoms with van der Waals surface area (Å²) in [5.74, 6) is -1.35. The number of anilines is 1. The predicted molar refractivity (Wildman–Crippen MR) is 112 cm³/mol. The van der Waals surface area contributed by atoms with Crippen LogP contribution in [0.15, 0.2) is 58.2 Å². The molecule has 6 nitrogen and oxygen atoms in total. The third-order valence-electron chi connectivity index (χ3n) is 4.61. The number of nitriles is 1.